The SMILES string of the molecule is CCOCC(C)NS(=O)(=O)c1cc(N)ccc1[N+](=O)[O-]. The summed E-state index contributed by atoms with van der Waals surface area (Å²) in [5.41, 5.74) is 5.11. The summed E-state index contributed by atoms with van der Waals surface area (Å²) < 4.78 is 31.7. The third-order valence-corrected chi connectivity index (χ3v) is 4.02. The molecular formula is C11H17N3O5S. The van der Waals surface area contributed by atoms with Gasteiger partial charge in [-0.25, -0.2) is 13.1 Å². The van der Waals surface area contributed by atoms with Gasteiger partial charge in [0.05, 0.1) is 11.5 Å². The van der Waals surface area contributed by atoms with Crippen LogP contribution in [0, 0.1) is 10.1 Å². The zero-order valence-corrected chi connectivity index (χ0v) is 12.0. The molecule has 0 aromatic heterocycles. The van der Waals surface area contributed by atoms with Crippen LogP contribution in [0.1, 0.15) is 13.8 Å². The van der Waals surface area contributed by atoms with Crippen molar-refractivity contribution in [1.82, 2.24) is 4.72 Å². The molecule has 0 amide bonds. The summed E-state index contributed by atoms with van der Waals surface area (Å²) in [6, 6.07) is 2.90. The van der Waals surface area contributed by atoms with E-state index < -0.39 is 31.6 Å². The highest BCUT2D eigenvalue weighted by molar-refractivity contribution is 7.89. The van der Waals surface area contributed by atoms with E-state index in [-0.39, 0.29) is 12.3 Å². The molecule has 1 unspecified atom stereocenters. The molecule has 1 aromatic rings. The molecule has 0 bridgehead atoms. The topological polar surface area (TPSA) is 125 Å². The first-order valence-corrected chi connectivity index (χ1v) is 7.40. The van der Waals surface area contributed by atoms with E-state index >= 15 is 0 Å². The number of hydrogen-bond acceptors (Lipinski definition) is 6. The van der Waals surface area contributed by atoms with Crippen molar-refractivity contribution in [2.75, 3.05) is 18.9 Å². The average Bonchev–Trinajstić information content (AvgIpc) is 2.35. The van der Waals surface area contributed by atoms with E-state index in [2.05, 4.69) is 4.72 Å². The Hall–Kier alpha value is -1.71. The minimum Gasteiger partial charge on any atom is -0.399 e. The molecule has 3 N–H and O–H groups in total. The molecule has 8 nitrogen and oxygen atoms in total. The summed E-state index contributed by atoms with van der Waals surface area (Å²) in [5, 5.41) is 10.9. The molecule has 112 valence electrons. The average molecular weight is 303 g/mol. The number of nitrogens with zero attached hydrogens (tertiary/aromatic N) is 1. The third kappa shape index (κ3) is 4.15. The van der Waals surface area contributed by atoms with Crippen LogP contribution in [0.4, 0.5) is 11.4 Å². The second kappa shape index (κ2) is 6.64. The van der Waals surface area contributed by atoms with E-state index in [1.807, 2.05) is 0 Å². The van der Waals surface area contributed by atoms with Gasteiger partial charge in [-0.2, -0.15) is 0 Å². The summed E-state index contributed by atoms with van der Waals surface area (Å²) in [4.78, 5) is 9.67. The van der Waals surface area contributed by atoms with Gasteiger partial charge in [0.15, 0.2) is 4.90 Å². The Kier molecular flexibility index (Phi) is 5.43. The fourth-order valence-electron chi connectivity index (χ4n) is 1.55. The van der Waals surface area contributed by atoms with E-state index in [0.29, 0.717) is 6.61 Å². The van der Waals surface area contributed by atoms with Crippen LogP contribution in [0.15, 0.2) is 23.1 Å². The van der Waals surface area contributed by atoms with E-state index in [1.54, 1.807) is 13.8 Å². The lowest BCUT2D eigenvalue weighted by Crippen LogP contribution is -2.36. The summed E-state index contributed by atoms with van der Waals surface area (Å²) in [6.07, 6.45) is 0. The van der Waals surface area contributed by atoms with Gasteiger partial charge in [-0.1, -0.05) is 0 Å². The second-order valence-electron chi connectivity index (χ2n) is 4.17. The number of anilines is 1. The first kappa shape index (κ1) is 16.3. The minimum atomic E-state index is -4.04. The number of sulfonamides is 1. The second-order valence-corrected chi connectivity index (χ2v) is 5.85. The maximum Gasteiger partial charge on any atom is 0.289 e. The number of nitro groups is 1. The highest BCUT2D eigenvalue weighted by Gasteiger charge is 2.27. The van der Waals surface area contributed by atoms with Crippen LogP contribution in [-0.2, 0) is 14.8 Å². The Balaban J connectivity index is 3.09. The van der Waals surface area contributed by atoms with Crippen molar-refractivity contribution in [3.8, 4) is 0 Å². The number of nitrogen functional groups attached to an aromatic ring is 1. The Labute approximate surface area is 117 Å². The number of nitro benzene ring substituents is 1. The van der Waals surface area contributed by atoms with Crippen LogP contribution < -0.4 is 10.5 Å². The Bertz CT molecular complexity index is 588. The highest BCUT2D eigenvalue weighted by atomic mass is 32.2. The molecule has 20 heavy (non-hydrogen) atoms. The lowest BCUT2D eigenvalue weighted by atomic mass is 10.3. The van der Waals surface area contributed by atoms with E-state index in [1.165, 1.54) is 6.07 Å². The Morgan fingerprint density at radius 2 is 2.15 bits per heavy atom. The van der Waals surface area contributed by atoms with Gasteiger partial charge in [-0.3, -0.25) is 10.1 Å². The molecule has 1 aromatic carbocycles. The van der Waals surface area contributed by atoms with Crippen molar-refractivity contribution in [2.24, 2.45) is 0 Å². The summed E-state index contributed by atoms with van der Waals surface area (Å²) in [6.45, 7) is 4.01. The van der Waals surface area contributed by atoms with Gasteiger partial charge < -0.3 is 10.5 Å². The molecular weight excluding hydrogens is 286 g/mol. The van der Waals surface area contributed by atoms with Crippen molar-refractivity contribution in [3.63, 3.8) is 0 Å². The number of ether oxygens (including phenoxy) is 1. The van der Waals surface area contributed by atoms with Gasteiger partial charge in [0.2, 0.25) is 10.0 Å². The predicted octanol–water partition coefficient (Wildman–Crippen LogP) is 0.880. The largest absolute Gasteiger partial charge is 0.399 e. The van der Waals surface area contributed by atoms with Crippen LogP contribution in [0.3, 0.4) is 0 Å². The fourth-order valence-corrected chi connectivity index (χ4v) is 2.99. The number of nitrogens with one attached hydrogen (secondary N) is 1. The summed E-state index contributed by atoms with van der Waals surface area (Å²) in [7, 11) is -4.04. The Morgan fingerprint density at radius 3 is 2.70 bits per heavy atom. The number of benzene rings is 1. The fraction of sp³-hybridized carbons (Fsp3) is 0.455. The normalized spacial score (nSPS) is 13.1. The zero-order chi connectivity index (χ0) is 15.3. The molecule has 1 atom stereocenters. The third-order valence-electron chi connectivity index (χ3n) is 2.40. The van der Waals surface area contributed by atoms with Crippen LogP contribution >= 0.6 is 0 Å². The molecule has 1 rings (SSSR count). The van der Waals surface area contributed by atoms with Crippen molar-refractivity contribution < 1.29 is 18.1 Å². The number of nitrogens with two attached hydrogens (primary N) is 1. The van der Waals surface area contributed by atoms with Crippen LogP contribution in [0.2, 0.25) is 0 Å². The van der Waals surface area contributed by atoms with Gasteiger partial charge in [0.1, 0.15) is 0 Å². The van der Waals surface area contributed by atoms with Gasteiger partial charge in [-0.15, -0.1) is 0 Å². The Morgan fingerprint density at radius 1 is 1.50 bits per heavy atom. The van der Waals surface area contributed by atoms with E-state index in [0.717, 1.165) is 12.1 Å². The number of hydrogen-bond donors (Lipinski definition) is 2. The highest BCUT2D eigenvalue weighted by Crippen LogP contribution is 2.25. The molecule has 0 aliphatic heterocycles. The molecule has 0 spiro atoms. The maximum absolute atomic E-state index is 12.2. The smallest absolute Gasteiger partial charge is 0.289 e. The van der Waals surface area contributed by atoms with Crippen LogP contribution in [-0.4, -0.2) is 32.6 Å². The first-order valence-electron chi connectivity index (χ1n) is 5.92. The van der Waals surface area contributed by atoms with Crippen LogP contribution in [0.25, 0.3) is 0 Å². The van der Waals surface area contributed by atoms with Crippen molar-refractivity contribution in [3.05, 3.63) is 28.3 Å². The summed E-state index contributed by atoms with van der Waals surface area (Å²) >= 11 is 0. The van der Waals surface area contributed by atoms with Gasteiger partial charge in [0, 0.05) is 24.4 Å². The van der Waals surface area contributed by atoms with Crippen LogP contribution in [0.5, 0.6) is 0 Å². The molecule has 9 heteroatoms. The lowest BCUT2D eigenvalue weighted by molar-refractivity contribution is -0.387. The molecule has 0 aliphatic rings. The monoisotopic (exact) mass is 303 g/mol. The van der Waals surface area contributed by atoms with E-state index in [9.17, 15) is 18.5 Å². The van der Waals surface area contributed by atoms with E-state index in [4.69, 9.17) is 10.5 Å². The molecule has 0 radical (unpaired) electrons. The van der Waals surface area contributed by atoms with Gasteiger partial charge >= 0.3 is 0 Å². The molecule has 0 fully saturated rings. The van der Waals surface area contributed by atoms with Gasteiger partial charge in [-0.05, 0) is 26.0 Å². The quantitative estimate of drug-likeness (QED) is 0.437. The standard InChI is InChI=1S/C11H17N3O5S/c1-3-19-7-8(2)13-20(17,18)11-6-9(12)4-5-10(11)14(15)16/h4-6,8,13H,3,7,12H2,1-2H3. The predicted molar refractivity (Wildman–Crippen MR) is 73.8 cm³/mol. The minimum absolute atomic E-state index is 0.133. The maximum atomic E-state index is 12.2. The zero-order valence-electron chi connectivity index (χ0n) is 11.2. The van der Waals surface area contributed by atoms with Gasteiger partial charge in [0.25, 0.3) is 5.69 Å². The summed E-state index contributed by atoms with van der Waals surface area (Å²) in [5.74, 6) is 0. The first-order chi connectivity index (χ1) is 9.27. The molecule has 0 saturated heterocycles. The molecule has 0 saturated carbocycles. The van der Waals surface area contributed by atoms with Crippen molar-refractivity contribution >= 4 is 21.4 Å². The van der Waals surface area contributed by atoms with Crippen molar-refractivity contribution in [1.29, 1.82) is 0 Å². The van der Waals surface area contributed by atoms with Crippen molar-refractivity contribution in [2.45, 2.75) is 24.8 Å². The molecule has 0 heterocycles. The number of rotatable bonds is 7. The lowest BCUT2D eigenvalue weighted by Gasteiger charge is -2.14. The molecule has 0 aliphatic carbocycles.